The van der Waals surface area contributed by atoms with Gasteiger partial charge in [0, 0.05) is 18.8 Å². The van der Waals surface area contributed by atoms with Crippen molar-refractivity contribution in [3.63, 3.8) is 0 Å². The van der Waals surface area contributed by atoms with E-state index in [9.17, 15) is 10.1 Å². The van der Waals surface area contributed by atoms with Gasteiger partial charge < -0.3 is 5.32 Å². The van der Waals surface area contributed by atoms with Crippen LogP contribution in [0.1, 0.15) is 21.6 Å². The smallest absolute Gasteiger partial charge is 0.251 e. The minimum Gasteiger partial charge on any atom is -0.355 e. The highest BCUT2D eigenvalue weighted by Crippen LogP contribution is 2.15. The van der Waals surface area contributed by atoms with Gasteiger partial charge in [0.15, 0.2) is 0 Å². The standard InChI is InChI=1S/C16H13N3O/c1-18-16(20)13-7-5-12(6-8-13)10-14(11-17)15-4-2-3-9-19-15/h2-10H,1H3,(H,18,20). The molecule has 4 heteroatoms. The normalized spacial score (nSPS) is 10.7. The topological polar surface area (TPSA) is 65.8 Å². The van der Waals surface area contributed by atoms with Crippen molar-refractivity contribution in [2.75, 3.05) is 7.05 Å². The number of aromatic nitrogens is 1. The van der Waals surface area contributed by atoms with E-state index in [1.165, 1.54) is 0 Å². The van der Waals surface area contributed by atoms with E-state index in [1.807, 2.05) is 6.07 Å². The minimum absolute atomic E-state index is 0.134. The van der Waals surface area contributed by atoms with Crippen molar-refractivity contribution in [3.8, 4) is 6.07 Å². The van der Waals surface area contributed by atoms with Gasteiger partial charge in [-0.1, -0.05) is 18.2 Å². The Balaban J connectivity index is 2.30. The molecule has 0 aliphatic rings. The molecule has 1 amide bonds. The van der Waals surface area contributed by atoms with Gasteiger partial charge in [0.1, 0.15) is 6.07 Å². The van der Waals surface area contributed by atoms with E-state index in [2.05, 4.69) is 16.4 Å². The number of nitrogens with zero attached hydrogens (tertiary/aromatic N) is 2. The second-order valence-corrected chi connectivity index (χ2v) is 4.09. The lowest BCUT2D eigenvalue weighted by Crippen LogP contribution is -2.17. The number of nitrogens with one attached hydrogen (secondary N) is 1. The first kappa shape index (κ1) is 13.5. The summed E-state index contributed by atoms with van der Waals surface area (Å²) < 4.78 is 0. The quantitative estimate of drug-likeness (QED) is 0.865. The molecule has 0 bridgehead atoms. The van der Waals surface area contributed by atoms with Gasteiger partial charge >= 0.3 is 0 Å². The Bertz CT molecular complexity index is 667. The second-order valence-electron chi connectivity index (χ2n) is 4.09. The summed E-state index contributed by atoms with van der Waals surface area (Å²) in [5.74, 6) is -0.134. The van der Waals surface area contributed by atoms with Crippen LogP contribution >= 0.6 is 0 Å². The second kappa shape index (κ2) is 6.30. The van der Waals surface area contributed by atoms with Gasteiger partial charge in [-0.2, -0.15) is 5.26 Å². The largest absolute Gasteiger partial charge is 0.355 e. The number of rotatable bonds is 3. The molecule has 1 aromatic carbocycles. The van der Waals surface area contributed by atoms with Gasteiger partial charge in [-0.15, -0.1) is 0 Å². The molecular weight excluding hydrogens is 250 g/mol. The molecule has 0 radical (unpaired) electrons. The number of allylic oxidation sites excluding steroid dienone is 1. The van der Waals surface area contributed by atoms with Crippen LogP contribution in [0.3, 0.4) is 0 Å². The van der Waals surface area contributed by atoms with E-state index in [1.54, 1.807) is 55.7 Å². The van der Waals surface area contributed by atoms with Crippen LogP contribution in [-0.4, -0.2) is 17.9 Å². The predicted molar refractivity (Wildman–Crippen MR) is 77.6 cm³/mol. The molecular formula is C16H13N3O. The average molecular weight is 263 g/mol. The summed E-state index contributed by atoms with van der Waals surface area (Å²) in [5.41, 5.74) is 2.55. The minimum atomic E-state index is -0.134. The van der Waals surface area contributed by atoms with Gasteiger partial charge in [-0.25, -0.2) is 0 Å². The van der Waals surface area contributed by atoms with E-state index in [0.29, 0.717) is 16.8 Å². The summed E-state index contributed by atoms with van der Waals surface area (Å²) in [6.07, 6.45) is 3.39. The van der Waals surface area contributed by atoms with Crippen LogP contribution in [0.15, 0.2) is 48.7 Å². The fourth-order valence-electron chi connectivity index (χ4n) is 1.73. The zero-order chi connectivity index (χ0) is 14.4. The maximum Gasteiger partial charge on any atom is 0.251 e. The molecule has 20 heavy (non-hydrogen) atoms. The lowest BCUT2D eigenvalue weighted by molar-refractivity contribution is 0.0963. The Hall–Kier alpha value is -2.93. The average Bonchev–Trinajstić information content (AvgIpc) is 2.53. The zero-order valence-electron chi connectivity index (χ0n) is 11.0. The number of hydrogen-bond acceptors (Lipinski definition) is 3. The third-order valence-electron chi connectivity index (χ3n) is 2.77. The lowest BCUT2D eigenvalue weighted by atomic mass is 10.1. The Morgan fingerprint density at radius 3 is 2.55 bits per heavy atom. The third kappa shape index (κ3) is 3.09. The predicted octanol–water partition coefficient (Wildman–Crippen LogP) is 2.51. The number of benzene rings is 1. The monoisotopic (exact) mass is 263 g/mol. The molecule has 2 rings (SSSR count). The van der Waals surface area contributed by atoms with Crippen molar-refractivity contribution in [1.29, 1.82) is 5.26 Å². The summed E-state index contributed by atoms with van der Waals surface area (Å²) in [6.45, 7) is 0. The van der Waals surface area contributed by atoms with E-state index in [0.717, 1.165) is 5.56 Å². The first-order valence-corrected chi connectivity index (χ1v) is 6.10. The molecule has 1 heterocycles. The molecule has 0 unspecified atom stereocenters. The van der Waals surface area contributed by atoms with Gasteiger partial charge in [0.25, 0.3) is 5.91 Å². The van der Waals surface area contributed by atoms with Crippen LogP contribution in [0.4, 0.5) is 0 Å². The van der Waals surface area contributed by atoms with Crippen molar-refractivity contribution in [3.05, 3.63) is 65.5 Å². The Morgan fingerprint density at radius 1 is 1.25 bits per heavy atom. The number of nitriles is 1. The summed E-state index contributed by atoms with van der Waals surface area (Å²) in [6, 6.07) is 14.6. The molecule has 0 saturated carbocycles. The number of hydrogen-bond donors (Lipinski definition) is 1. The van der Waals surface area contributed by atoms with Crippen molar-refractivity contribution in [1.82, 2.24) is 10.3 Å². The zero-order valence-corrected chi connectivity index (χ0v) is 11.0. The van der Waals surface area contributed by atoms with Crippen LogP contribution in [0, 0.1) is 11.3 Å². The summed E-state index contributed by atoms with van der Waals surface area (Å²) in [7, 11) is 1.59. The summed E-state index contributed by atoms with van der Waals surface area (Å²) >= 11 is 0. The fraction of sp³-hybridized carbons (Fsp3) is 0.0625. The highest BCUT2D eigenvalue weighted by molar-refractivity contribution is 5.94. The fourth-order valence-corrected chi connectivity index (χ4v) is 1.73. The van der Waals surface area contributed by atoms with Gasteiger partial charge in [0.2, 0.25) is 0 Å². The molecule has 0 atom stereocenters. The number of amides is 1. The van der Waals surface area contributed by atoms with Crippen LogP contribution in [0.25, 0.3) is 11.6 Å². The molecule has 98 valence electrons. The van der Waals surface area contributed by atoms with E-state index < -0.39 is 0 Å². The Morgan fingerprint density at radius 2 is 2.00 bits per heavy atom. The van der Waals surface area contributed by atoms with Crippen molar-refractivity contribution >= 4 is 17.6 Å². The van der Waals surface area contributed by atoms with E-state index in [-0.39, 0.29) is 5.91 Å². The molecule has 1 aromatic heterocycles. The summed E-state index contributed by atoms with van der Waals surface area (Å²) in [4.78, 5) is 15.6. The molecule has 0 spiro atoms. The SMILES string of the molecule is CNC(=O)c1ccc(C=C(C#N)c2ccccn2)cc1. The van der Waals surface area contributed by atoms with E-state index in [4.69, 9.17) is 0 Å². The molecule has 0 aliphatic heterocycles. The molecule has 2 aromatic rings. The maximum absolute atomic E-state index is 11.4. The third-order valence-corrected chi connectivity index (χ3v) is 2.77. The van der Waals surface area contributed by atoms with Gasteiger partial charge in [-0.05, 0) is 35.9 Å². The first-order chi connectivity index (χ1) is 9.74. The molecule has 0 aliphatic carbocycles. The van der Waals surface area contributed by atoms with Crippen LogP contribution in [0.5, 0.6) is 0 Å². The number of carbonyl (C=O) groups is 1. The highest BCUT2D eigenvalue weighted by Gasteiger charge is 2.04. The summed E-state index contributed by atoms with van der Waals surface area (Å²) in [5, 5.41) is 11.8. The van der Waals surface area contributed by atoms with Gasteiger partial charge in [-0.3, -0.25) is 9.78 Å². The number of pyridine rings is 1. The molecule has 0 saturated heterocycles. The molecule has 1 N–H and O–H groups in total. The maximum atomic E-state index is 11.4. The van der Waals surface area contributed by atoms with Crippen LogP contribution in [0.2, 0.25) is 0 Å². The lowest BCUT2D eigenvalue weighted by Gasteiger charge is -2.01. The van der Waals surface area contributed by atoms with Gasteiger partial charge in [0.05, 0.1) is 11.3 Å². The molecule has 4 nitrogen and oxygen atoms in total. The van der Waals surface area contributed by atoms with Crippen molar-refractivity contribution in [2.24, 2.45) is 0 Å². The Kier molecular flexibility index (Phi) is 4.25. The highest BCUT2D eigenvalue weighted by atomic mass is 16.1. The molecule has 0 fully saturated rings. The van der Waals surface area contributed by atoms with Crippen LogP contribution < -0.4 is 5.32 Å². The van der Waals surface area contributed by atoms with Crippen molar-refractivity contribution in [2.45, 2.75) is 0 Å². The van der Waals surface area contributed by atoms with Crippen LogP contribution in [-0.2, 0) is 0 Å². The van der Waals surface area contributed by atoms with Crippen molar-refractivity contribution < 1.29 is 4.79 Å². The first-order valence-electron chi connectivity index (χ1n) is 6.10. The number of carbonyl (C=O) groups excluding carboxylic acids is 1. The Labute approximate surface area is 117 Å². The van der Waals surface area contributed by atoms with E-state index >= 15 is 0 Å².